The minimum Gasteiger partial charge on any atom is -0.543 e. The number of hydrogen-bond acceptors (Lipinski definition) is 5. The zero-order chi connectivity index (χ0) is 25.0. The van der Waals surface area contributed by atoms with Gasteiger partial charge in [-0.3, -0.25) is 0 Å². The number of rotatable bonds is 7. The fraction of sp³-hybridized carbons (Fsp3) is 0.577. The van der Waals surface area contributed by atoms with Crippen LogP contribution in [0.15, 0.2) is 36.7 Å². The average Bonchev–Trinajstić information content (AvgIpc) is 3.36. The van der Waals surface area contributed by atoms with Crippen LogP contribution in [0, 0.1) is 5.92 Å². The van der Waals surface area contributed by atoms with E-state index < -0.39 is 19.8 Å². The van der Waals surface area contributed by atoms with Crippen molar-refractivity contribution in [3.63, 3.8) is 0 Å². The fourth-order valence-corrected chi connectivity index (χ4v) is 5.91. The Bertz CT molecular complexity index is 1220. The van der Waals surface area contributed by atoms with Crippen LogP contribution in [0.25, 0.3) is 10.9 Å². The van der Waals surface area contributed by atoms with Gasteiger partial charge in [0.1, 0.15) is 11.4 Å². The summed E-state index contributed by atoms with van der Waals surface area (Å²) in [5.41, 5.74) is 0.00559. The van der Waals surface area contributed by atoms with Crippen molar-refractivity contribution in [1.29, 1.82) is 0 Å². The van der Waals surface area contributed by atoms with Gasteiger partial charge in [0.15, 0.2) is 6.23 Å². The second kappa shape index (κ2) is 8.48. The smallest absolute Gasteiger partial charge is 0.338 e. The van der Waals surface area contributed by atoms with Crippen molar-refractivity contribution < 1.29 is 19.1 Å². The first-order chi connectivity index (χ1) is 16.6. The van der Waals surface area contributed by atoms with Crippen molar-refractivity contribution in [2.45, 2.75) is 82.8 Å². The molecular formula is C26H36N4O4Si. The maximum absolute atomic E-state index is 13.1. The fourth-order valence-electron chi connectivity index (χ4n) is 4.89. The number of aromatic nitrogens is 4. The zero-order valence-electron chi connectivity index (χ0n) is 21.3. The lowest BCUT2D eigenvalue weighted by atomic mass is 9.87. The van der Waals surface area contributed by atoms with E-state index in [1.807, 2.05) is 22.9 Å². The van der Waals surface area contributed by atoms with E-state index in [1.54, 1.807) is 23.1 Å². The Hall–Kier alpha value is -2.65. The van der Waals surface area contributed by atoms with Crippen LogP contribution in [-0.2, 0) is 15.1 Å². The molecule has 0 amide bonds. The van der Waals surface area contributed by atoms with Gasteiger partial charge in [-0.25, -0.2) is 14.2 Å². The standard InChI is InChI=1S/C26H36N4O4Si/c1-25(2,3)35(4,5)34-19-12-13-21-20(17-19)23(28-30(21)22-9-6-7-16-33-22)26(24(31)32,18-10-11-18)29-15-8-14-27-29/h8,12-15,17-18,22H,6-7,9-11,16H2,1-5H3,(H,31,32). The van der Waals surface area contributed by atoms with Gasteiger partial charge in [0.25, 0.3) is 0 Å². The van der Waals surface area contributed by atoms with Gasteiger partial charge in [-0.2, -0.15) is 10.2 Å². The summed E-state index contributed by atoms with van der Waals surface area (Å²) in [6.45, 7) is 11.7. The Balaban J connectivity index is 1.73. The maximum Gasteiger partial charge on any atom is 0.338 e. The third kappa shape index (κ3) is 3.98. The molecule has 3 aromatic rings. The highest BCUT2D eigenvalue weighted by Crippen LogP contribution is 2.50. The summed E-state index contributed by atoms with van der Waals surface area (Å²) in [5, 5.41) is 21.0. The highest BCUT2D eigenvalue weighted by Gasteiger charge is 2.57. The van der Waals surface area contributed by atoms with Crippen LogP contribution in [0.1, 0.15) is 64.8 Å². The lowest BCUT2D eigenvalue weighted by Gasteiger charge is -2.36. The van der Waals surface area contributed by atoms with Crippen LogP contribution in [0.4, 0.5) is 0 Å². The third-order valence-corrected chi connectivity index (χ3v) is 12.4. The number of benzene rings is 1. The number of carboxylic acids is 1. The van der Waals surface area contributed by atoms with Crippen molar-refractivity contribution in [3.8, 4) is 5.75 Å². The van der Waals surface area contributed by atoms with Gasteiger partial charge in [-0.15, -0.1) is 0 Å². The average molecular weight is 497 g/mol. The quantitative estimate of drug-likeness (QED) is 0.431. The van der Waals surface area contributed by atoms with Gasteiger partial charge in [0.05, 0.1) is 5.52 Å². The number of fused-ring (bicyclic) bond motifs is 1. The molecule has 2 aromatic heterocycles. The van der Waals surface area contributed by atoms with Gasteiger partial charge >= 0.3 is 5.97 Å². The molecule has 8 nitrogen and oxygen atoms in total. The van der Waals surface area contributed by atoms with Gasteiger partial charge < -0.3 is 14.3 Å². The Labute approximate surface area is 207 Å². The van der Waals surface area contributed by atoms with Crippen molar-refractivity contribution in [1.82, 2.24) is 19.6 Å². The van der Waals surface area contributed by atoms with E-state index in [0.717, 1.165) is 48.8 Å². The zero-order valence-corrected chi connectivity index (χ0v) is 22.3. The summed E-state index contributed by atoms with van der Waals surface area (Å²) in [7, 11) is -2.09. The molecular weight excluding hydrogens is 460 g/mol. The number of carboxylic acid groups (broad SMARTS) is 1. The molecule has 5 rings (SSSR count). The molecule has 2 fully saturated rings. The molecule has 1 saturated heterocycles. The molecule has 0 bridgehead atoms. The highest BCUT2D eigenvalue weighted by atomic mass is 28.4. The van der Waals surface area contributed by atoms with Crippen LogP contribution in [0.5, 0.6) is 5.75 Å². The van der Waals surface area contributed by atoms with E-state index in [-0.39, 0.29) is 17.2 Å². The largest absolute Gasteiger partial charge is 0.543 e. The van der Waals surface area contributed by atoms with Crippen molar-refractivity contribution >= 4 is 25.2 Å². The van der Waals surface area contributed by atoms with Crippen molar-refractivity contribution in [2.24, 2.45) is 5.92 Å². The minimum atomic E-state index is -2.09. The molecule has 35 heavy (non-hydrogen) atoms. The molecule has 1 saturated carbocycles. The van der Waals surface area contributed by atoms with E-state index in [0.29, 0.717) is 12.3 Å². The summed E-state index contributed by atoms with van der Waals surface area (Å²) in [6.07, 6.45) is 7.74. The predicted molar refractivity (Wildman–Crippen MR) is 136 cm³/mol. The van der Waals surface area contributed by atoms with Crippen LogP contribution in [-0.4, -0.2) is 45.6 Å². The Kier molecular flexibility index (Phi) is 5.83. The number of ether oxygens (including phenoxy) is 1. The molecule has 9 heteroatoms. The molecule has 1 aromatic carbocycles. The molecule has 3 heterocycles. The maximum atomic E-state index is 13.1. The van der Waals surface area contributed by atoms with E-state index in [2.05, 4.69) is 39.0 Å². The highest BCUT2D eigenvalue weighted by molar-refractivity contribution is 6.74. The van der Waals surface area contributed by atoms with Gasteiger partial charge in [0, 0.05) is 30.3 Å². The number of carbonyl (C=O) groups is 1. The van der Waals surface area contributed by atoms with E-state index >= 15 is 0 Å². The molecule has 1 N–H and O–H groups in total. The van der Waals surface area contributed by atoms with Crippen LogP contribution >= 0.6 is 0 Å². The van der Waals surface area contributed by atoms with Gasteiger partial charge in [0.2, 0.25) is 13.9 Å². The number of nitrogens with zero attached hydrogens (tertiary/aromatic N) is 4. The topological polar surface area (TPSA) is 91.4 Å². The van der Waals surface area contributed by atoms with Crippen LogP contribution < -0.4 is 4.43 Å². The number of aliphatic carboxylic acids is 1. The first-order valence-corrected chi connectivity index (χ1v) is 15.5. The van der Waals surface area contributed by atoms with Crippen molar-refractivity contribution in [3.05, 3.63) is 42.4 Å². The Morgan fingerprint density at radius 1 is 1.20 bits per heavy atom. The van der Waals surface area contributed by atoms with Gasteiger partial charge in [-0.05, 0) is 74.5 Å². The summed E-state index contributed by atoms with van der Waals surface area (Å²) in [4.78, 5) is 13.1. The molecule has 1 aliphatic carbocycles. The van der Waals surface area contributed by atoms with E-state index in [4.69, 9.17) is 14.3 Å². The summed E-state index contributed by atoms with van der Waals surface area (Å²) in [5.74, 6) is -0.260. The predicted octanol–water partition coefficient (Wildman–Crippen LogP) is 5.55. The summed E-state index contributed by atoms with van der Waals surface area (Å²) in [6, 6.07) is 7.76. The van der Waals surface area contributed by atoms with E-state index in [1.165, 1.54) is 0 Å². The lowest BCUT2D eigenvalue weighted by molar-refractivity contribution is -0.147. The van der Waals surface area contributed by atoms with E-state index in [9.17, 15) is 9.90 Å². The van der Waals surface area contributed by atoms with Crippen LogP contribution in [0.2, 0.25) is 18.1 Å². The summed E-state index contributed by atoms with van der Waals surface area (Å²) >= 11 is 0. The molecule has 1 aliphatic heterocycles. The molecule has 2 atom stereocenters. The lowest BCUT2D eigenvalue weighted by Crippen LogP contribution is -2.46. The first-order valence-electron chi connectivity index (χ1n) is 12.6. The Morgan fingerprint density at radius 3 is 2.54 bits per heavy atom. The molecule has 0 radical (unpaired) electrons. The SMILES string of the molecule is CC(C)(C)[Si](C)(C)Oc1ccc2c(c1)c(C(C(=O)O)(C1CC1)n1cccn1)nn2C1CCCCO1. The second-order valence-corrected chi connectivity index (χ2v) is 16.2. The minimum absolute atomic E-state index is 0.0405. The molecule has 2 aliphatic rings. The summed E-state index contributed by atoms with van der Waals surface area (Å²) < 4.78 is 16.2. The van der Waals surface area contributed by atoms with Crippen molar-refractivity contribution in [2.75, 3.05) is 6.61 Å². The molecule has 2 unspecified atom stereocenters. The molecule has 188 valence electrons. The molecule has 0 spiro atoms. The van der Waals surface area contributed by atoms with Gasteiger partial charge in [-0.1, -0.05) is 20.8 Å². The normalized spacial score (nSPS) is 21.1. The monoisotopic (exact) mass is 496 g/mol. The Morgan fingerprint density at radius 2 is 1.97 bits per heavy atom. The third-order valence-electron chi connectivity index (χ3n) is 8.01. The number of hydrogen-bond donors (Lipinski definition) is 1. The van der Waals surface area contributed by atoms with Crippen LogP contribution in [0.3, 0.4) is 0 Å². The second-order valence-electron chi connectivity index (χ2n) is 11.5. The first kappa shape index (κ1) is 24.1.